The number of fused-ring (bicyclic) bond motifs is 1. The van der Waals surface area contributed by atoms with Crippen molar-refractivity contribution >= 4 is 11.5 Å². The molecule has 2 aromatic heterocycles. The highest BCUT2D eigenvalue weighted by molar-refractivity contribution is 5.46. The van der Waals surface area contributed by atoms with E-state index in [2.05, 4.69) is 56.5 Å². The minimum Gasteiger partial charge on any atom is -0.365 e. The Morgan fingerprint density at radius 1 is 1.07 bits per heavy atom. The first kappa shape index (κ1) is 20.1. The minimum absolute atomic E-state index is 0.298. The summed E-state index contributed by atoms with van der Waals surface area (Å²) in [4.78, 5) is 11.5. The van der Waals surface area contributed by atoms with Crippen molar-refractivity contribution in [1.82, 2.24) is 24.4 Å². The number of hydrogen-bond donors (Lipinski definition) is 0. The lowest BCUT2D eigenvalue weighted by Crippen LogP contribution is -2.48. The minimum atomic E-state index is 0.298. The van der Waals surface area contributed by atoms with Crippen LogP contribution in [0.1, 0.15) is 26.7 Å². The van der Waals surface area contributed by atoms with E-state index in [9.17, 15) is 0 Å². The summed E-state index contributed by atoms with van der Waals surface area (Å²) < 4.78 is 7.83. The first-order valence-electron chi connectivity index (χ1n) is 10.8. The SMILES string of the molecule is CC(C)N1CCN(CC#CCOC2CCN(c3ccc4nccn4n3)CC2)CC1. The highest BCUT2D eigenvalue weighted by Crippen LogP contribution is 2.19. The van der Waals surface area contributed by atoms with Crippen LogP contribution in [0.5, 0.6) is 0 Å². The maximum Gasteiger partial charge on any atom is 0.153 e. The molecule has 4 rings (SSSR count). The fraction of sp³-hybridized carbons (Fsp3) is 0.636. The molecule has 0 amide bonds. The number of hydrogen-bond acceptors (Lipinski definition) is 6. The molecule has 2 fully saturated rings. The van der Waals surface area contributed by atoms with Gasteiger partial charge in [-0.15, -0.1) is 5.10 Å². The fourth-order valence-corrected chi connectivity index (χ4v) is 4.04. The number of rotatable bonds is 5. The van der Waals surface area contributed by atoms with Crippen LogP contribution >= 0.6 is 0 Å². The van der Waals surface area contributed by atoms with Gasteiger partial charge in [-0.25, -0.2) is 9.50 Å². The van der Waals surface area contributed by atoms with Crippen molar-refractivity contribution < 1.29 is 4.74 Å². The average Bonchev–Trinajstić information content (AvgIpc) is 3.22. The van der Waals surface area contributed by atoms with Gasteiger partial charge in [0, 0.05) is 57.7 Å². The van der Waals surface area contributed by atoms with Gasteiger partial charge in [-0.05, 0) is 38.8 Å². The first-order chi connectivity index (χ1) is 14.2. The monoisotopic (exact) mass is 396 g/mol. The Balaban J connectivity index is 1.14. The van der Waals surface area contributed by atoms with Crippen molar-refractivity contribution in [3.05, 3.63) is 24.5 Å². The van der Waals surface area contributed by atoms with Gasteiger partial charge in [0.25, 0.3) is 0 Å². The quantitative estimate of drug-likeness (QED) is 0.718. The lowest BCUT2D eigenvalue weighted by Gasteiger charge is -2.36. The van der Waals surface area contributed by atoms with Gasteiger partial charge < -0.3 is 9.64 Å². The van der Waals surface area contributed by atoms with E-state index in [1.165, 1.54) is 0 Å². The largest absolute Gasteiger partial charge is 0.365 e. The molecule has 2 aromatic rings. The van der Waals surface area contributed by atoms with Gasteiger partial charge in [0.05, 0.1) is 12.6 Å². The average molecular weight is 397 g/mol. The van der Waals surface area contributed by atoms with Crippen molar-refractivity contribution in [2.45, 2.75) is 38.8 Å². The highest BCUT2D eigenvalue weighted by Gasteiger charge is 2.21. The molecule has 7 nitrogen and oxygen atoms in total. The maximum atomic E-state index is 6.00. The van der Waals surface area contributed by atoms with Gasteiger partial charge in [0.15, 0.2) is 5.65 Å². The van der Waals surface area contributed by atoms with E-state index < -0.39 is 0 Å². The van der Waals surface area contributed by atoms with Crippen LogP contribution < -0.4 is 4.90 Å². The van der Waals surface area contributed by atoms with Crippen LogP contribution in [0.3, 0.4) is 0 Å². The van der Waals surface area contributed by atoms with Gasteiger partial charge in [-0.3, -0.25) is 9.80 Å². The molecule has 7 heteroatoms. The summed E-state index contributed by atoms with van der Waals surface area (Å²) in [6.07, 6.45) is 5.99. The zero-order valence-corrected chi connectivity index (χ0v) is 17.6. The number of anilines is 1. The third kappa shape index (κ3) is 5.27. The first-order valence-corrected chi connectivity index (χ1v) is 10.8. The summed E-state index contributed by atoms with van der Waals surface area (Å²) >= 11 is 0. The molecule has 4 heterocycles. The van der Waals surface area contributed by atoms with Crippen molar-refractivity contribution in [2.24, 2.45) is 0 Å². The standard InChI is InChI=1S/C22H32N6O/c1-19(2)26-16-14-25(15-17-26)10-3-4-18-29-20-7-11-27(12-8-20)22-6-5-21-23-9-13-28(21)24-22/h5-6,9,13,19-20H,7-8,10-12,14-18H2,1-2H3. The molecule has 0 radical (unpaired) electrons. The number of piperazine rings is 1. The van der Waals surface area contributed by atoms with Crippen molar-refractivity contribution in [2.75, 3.05) is 57.3 Å². The van der Waals surface area contributed by atoms with Crippen LogP contribution in [0.4, 0.5) is 5.82 Å². The second-order valence-electron chi connectivity index (χ2n) is 8.18. The number of piperidine rings is 1. The molecule has 0 aliphatic carbocycles. The van der Waals surface area contributed by atoms with Gasteiger partial charge in [0.2, 0.25) is 0 Å². The van der Waals surface area contributed by atoms with Crippen LogP contribution in [0.15, 0.2) is 24.5 Å². The van der Waals surface area contributed by atoms with E-state index in [-0.39, 0.29) is 0 Å². The smallest absolute Gasteiger partial charge is 0.153 e. The van der Waals surface area contributed by atoms with E-state index in [4.69, 9.17) is 4.74 Å². The van der Waals surface area contributed by atoms with Crippen LogP contribution in [0, 0.1) is 11.8 Å². The number of imidazole rings is 1. The second kappa shape index (κ2) is 9.57. The van der Waals surface area contributed by atoms with E-state index in [1.54, 1.807) is 6.20 Å². The Morgan fingerprint density at radius 3 is 2.62 bits per heavy atom. The van der Waals surface area contributed by atoms with E-state index in [1.807, 2.05) is 16.8 Å². The molecule has 0 aromatic carbocycles. The third-order valence-electron chi connectivity index (χ3n) is 5.96. The molecule has 0 N–H and O–H groups in total. The second-order valence-corrected chi connectivity index (χ2v) is 8.18. The molecule has 2 aliphatic rings. The Bertz CT molecular complexity index is 838. The van der Waals surface area contributed by atoms with Crippen molar-refractivity contribution in [1.29, 1.82) is 0 Å². The lowest BCUT2D eigenvalue weighted by atomic mass is 10.1. The van der Waals surface area contributed by atoms with E-state index >= 15 is 0 Å². The molecule has 0 bridgehead atoms. The van der Waals surface area contributed by atoms with E-state index in [0.717, 1.165) is 70.1 Å². The van der Waals surface area contributed by atoms with Crippen LogP contribution in [-0.2, 0) is 4.74 Å². The van der Waals surface area contributed by atoms with Gasteiger partial charge >= 0.3 is 0 Å². The molecule has 2 saturated heterocycles. The Hall–Kier alpha value is -2.14. The van der Waals surface area contributed by atoms with Gasteiger partial charge in [-0.1, -0.05) is 11.8 Å². The summed E-state index contributed by atoms with van der Waals surface area (Å²) in [6, 6.07) is 4.71. The predicted molar refractivity (Wildman–Crippen MR) is 115 cm³/mol. The van der Waals surface area contributed by atoms with Crippen molar-refractivity contribution in [3.8, 4) is 11.8 Å². The summed E-state index contributed by atoms with van der Waals surface area (Å²) in [5.74, 6) is 7.51. The Kier molecular flexibility index (Phi) is 6.65. The molecule has 156 valence electrons. The molecule has 29 heavy (non-hydrogen) atoms. The molecular formula is C22H32N6O. The molecule has 0 atom stereocenters. The molecule has 0 saturated carbocycles. The lowest BCUT2D eigenvalue weighted by molar-refractivity contribution is 0.0593. The van der Waals surface area contributed by atoms with Gasteiger partial charge in [0.1, 0.15) is 12.4 Å². The normalized spacial score (nSPS) is 19.6. The predicted octanol–water partition coefficient (Wildman–Crippen LogP) is 1.74. The zero-order chi connectivity index (χ0) is 20.1. The number of nitrogens with zero attached hydrogens (tertiary/aromatic N) is 6. The third-order valence-corrected chi connectivity index (χ3v) is 5.96. The summed E-state index contributed by atoms with van der Waals surface area (Å²) in [5, 5.41) is 4.64. The molecule has 2 aliphatic heterocycles. The van der Waals surface area contributed by atoms with E-state index in [0.29, 0.717) is 18.8 Å². The van der Waals surface area contributed by atoms with Crippen LogP contribution in [-0.4, -0.2) is 89.0 Å². The summed E-state index contributed by atoms with van der Waals surface area (Å²) in [5.41, 5.74) is 0.882. The van der Waals surface area contributed by atoms with Crippen LogP contribution in [0.25, 0.3) is 5.65 Å². The maximum absolute atomic E-state index is 6.00. The number of ether oxygens (including phenoxy) is 1. The molecular weight excluding hydrogens is 364 g/mol. The fourth-order valence-electron chi connectivity index (χ4n) is 4.04. The van der Waals surface area contributed by atoms with Gasteiger partial charge in [-0.2, -0.15) is 0 Å². The highest BCUT2D eigenvalue weighted by atomic mass is 16.5. The summed E-state index contributed by atoms with van der Waals surface area (Å²) in [6.45, 7) is 12.4. The Morgan fingerprint density at radius 2 is 1.86 bits per heavy atom. The van der Waals surface area contributed by atoms with Crippen molar-refractivity contribution in [3.63, 3.8) is 0 Å². The number of aromatic nitrogens is 3. The molecule has 0 unspecified atom stereocenters. The topological polar surface area (TPSA) is 49.1 Å². The zero-order valence-electron chi connectivity index (χ0n) is 17.6. The molecule has 0 spiro atoms. The summed E-state index contributed by atoms with van der Waals surface area (Å²) in [7, 11) is 0. The van der Waals surface area contributed by atoms with Crippen LogP contribution in [0.2, 0.25) is 0 Å². The Labute approximate surface area is 173 Å².